The molecule has 7 aromatic carbocycles. The van der Waals surface area contributed by atoms with Crippen LogP contribution in [0.5, 0.6) is 5.75 Å². The zero-order chi connectivity index (χ0) is 43.9. The normalized spacial score (nSPS) is 17.1. The Kier molecular flexibility index (Phi) is 7.09. The van der Waals surface area contributed by atoms with Crippen molar-refractivity contribution in [2.24, 2.45) is 5.41 Å². The van der Waals surface area contributed by atoms with E-state index in [1.807, 2.05) is 6.07 Å². The smallest absolute Gasteiger partial charge is 0.254 e. The number of ether oxygens (including phenoxy) is 1. The van der Waals surface area contributed by atoms with E-state index in [2.05, 4.69) is 196 Å². The largest absolute Gasteiger partial charge is 0.487 e. The van der Waals surface area contributed by atoms with Crippen molar-refractivity contribution < 1.29 is 13.6 Å². The minimum atomic E-state index is -0.405. The highest BCUT2D eigenvalue weighted by molar-refractivity contribution is 7.00. The van der Waals surface area contributed by atoms with Crippen LogP contribution in [0.15, 0.2) is 148 Å². The number of hydrogen-bond acceptors (Lipinski definition) is 5. The van der Waals surface area contributed by atoms with Crippen molar-refractivity contribution >= 4 is 101 Å². The Bertz CT molecular complexity index is 3720. The molecule has 0 saturated heterocycles. The molecule has 0 unspecified atom stereocenters. The Morgan fingerprint density at radius 2 is 1.11 bits per heavy atom. The number of fused-ring (bicyclic) bond motifs is 13. The molecular weight excluding hydrogens is 797 g/mol. The van der Waals surface area contributed by atoms with E-state index in [0.29, 0.717) is 0 Å². The molecule has 3 aliphatic heterocycles. The molecule has 3 aromatic heterocycles. The number of aryl methyl sites for hydroxylation is 1. The predicted octanol–water partition coefficient (Wildman–Crippen LogP) is 13.2. The SMILES string of the molecule is Cc1cc2c3c(c1)N(c1ccc4c(c1)oc1ccccc14)c1c(c4c(n1-c1ccccc1)CC(C)(C)C4)B3c1cc3c(cc1N2c1ccc2c(c1)oc1ccccc12)OC(C)(C)C3(C)C. The molecule has 316 valence electrons. The van der Waals surface area contributed by atoms with Crippen molar-refractivity contribution in [1.82, 2.24) is 4.57 Å². The summed E-state index contributed by atoms with van der Waals surface area (Å²) in [4.78, 5) is 5.06. The Balaban J connectivity index is 1.12. The molecule has 0 bridgehead atoms. The summed E-state index contributed by atoms with van der Waals surface area (Å²) in [6.45, 7) is 16.2. The van der Waals surface area contributed by atoms with Crippen molar-refractivity contribution in [1.29, 1.82) is 0 Å². The van der Waals surface area contributed by atoms with Crippen LogP contribution in [0.3, 0.4) is 0 Å². The van der Waals surface area contributed by atoms with Crippen molar-refractivity contribution in [3.05, 3.63) is 162 Å². The van der Waals surface area contributed by atoms with E-state index in [-0.39, 0.29) is 17.5 Å². The summed E-state index contributed by atoms with van der Waals surface area (Å²) in [7, 11) is 0. The van der Waals surface area contributed by atoms with Gasteiger partial charge in [-0.3, -0.25) is 4.90 Å². The second-order valence-electron chi connectivity index (χ2n) is 20.9. The standard InChI is InChI=1S/C58H48BN3O3/c1-33-25-45-54-46(26-33)62(36-22-24-40-38-18-12-14-20-49(38)64-51(40)28-36)55-53(41-31-56(2,3)32-47(41)61(55)34-15-9-8-10-16-34)59(54)43-29-42-52(65-58(6,7)57(42,4)5)30-44(43)60(45)35-21-23-39-37-17-11-13-19-48(37)63-50(39)27-35/h8-30H,31-32H2,1-7H3. The van der Waals surface area contributed by atoms with Crippen LogP contribution >= 0.6 is 0 Å². The first-order valence-corrected chi connectivity index (χ1v) is 23.1. The third-order valence-electron chi connectivity index (χ3n) is 15.7. The lowest BCUT2D eigenvalue weighted by atomic mass is 9.33. The van der Waals surface area contributed by atoms with Gasteiger partial charge in [0.05, 0.1) is 5.69 Å². The molecule has 7 heteroatoms. The molecule has 0 fully saturated rings. The van der Waals surface area contributed by atoms with Gasteiger partial charge in [0, 0.05) is 84.9 Å². The van der Waals surface area contributed by atoms with Gasteiger partial charge < -0.3 is 23.0 Å². The zero-order valence-electron chi connectivity index (χ0n) is 37.8. The van der Waals surface area contributed by atoms with Crippen LogP contribution in [0.2, 0.25) is 0 Å². The summed E-state index contributed by atoms with van der Waals surface area (Å²) < 4.78 is 22.9. The van der Waals surface area contributed by atoms with Crippen molar-refractivity contribution in [3.63, 3.8) is 0 Å². The fraction of sp³-hybridized carbons (Fsp3) is 0.207. The molecule has 0 spiro atoms. The quantitative estimate of drug-likeness (QED) is 0.166. The van der Waals surface area contributed by atoms with Gasteiger partial charge in [-0.25, -0.2) is 0 Å². The van der Waals surface area contributed by atoms with Gasteiger partial charge >= 0.3 is 0 Å². The third-order valence-corrected chi connectivity index (χ3v) is 15.7. The van der Waals surface area contributed by atoms with E-state index in [1.54, 1.807) is 0 Å². The highest BCUT2D eigenvalue weighted by Gasteiger charge is 2.53. The van der Waals surface area contributed by atoms with Gasteiger partial charge in [-0.2, -0.15) is 0 Å². The summed E-state index contributed by atoms with van der Waals surface area (Å²) >= 11 is 0. The Labute approximate surface area is 378 Å². The maximum atomic E-state index is 6.99. The monoisotopic (exact) mass is 845 g/mol. The molecular formula is C58H48BN3O3. The average molecular weight is 846 g/mol. The highest BCUT2D eigenvalue weighted by Crippen LogP contribution is 2.54. The summed E-state index contributed by atoms with van der Waals surface area (Å²) in [5.74, 6) is 2.16. The lowest BCUT2D eigenvalue weighted by Gasteiger charge is -2.44. The van der Waals surface area contributed by atoms with Gasteiger partial charge in [-0.05, 0) is 127 Å². The van der Waals surface area contributed by atoms with E-state index in [9.17, 15) is 0 Å². The molecule has 10 aromatic rings. The van der Waals surface area contributed by atoms with Gasteiger partial charge in [0.1, 0.15) is 39.5 Å². The van der Waals surface area contributed by atoms with Crippen molar-refractivity contribution in [2.75, 3.05) is 9.80 Å². The van der Waals surface area contributed by atoms with E-state index < -0.39 is 5.60 Å². The molecule has 0 saturated carbocycles. The maximum Gasteiger partial charge on any atom is 0.254 e. The fourth-order valence-electron chi connectivity index (χ4n) is 12.1. The Hall–Kier alpha value is -7.12. The molecule has 0 amide bonds. The predicted molar refractivity (Wildman–Crippen MR) is 268 cm³/mol. The van der Waals surface area contributed by atoms with Crippen LogP contribution in [0.25, 0.3) is 49.6 Å². The number of para-hydroxylation sites is 3. The van der Waals surface area contributed by atoms with Crippen LogP contribution < -0.4 is 30.9 Å². The molecule has 0 radical (unpaired) electrons. The van der Waals surface area contributed by atoms with Gasteiger partial charge in [-0.1, -0.05) is 88.4 Å². The Morgan fingerprint density at radius 3 is 1.77 bits per heavy atom. The van der Waals surface area contributed by atoms with Crippen LogP contribution in [-0.4, -0.2) is 16.9 Å². The number of rotatable bonds is 3. The third kappa shape index (κ3) is 4.91. The number of anilines is 6. The highest BCUT2D eigenvalue weighted by atomic mass is 16.5. The van der Waals surface area contributed by atoms with Gasteiger partial charge in [0.25, 0.3) is 6.71 Å². The van der Waals surface area contributed by atoms with E-state index >= 15 is 0 Å². The number of nitrogens with zero attached hydrogens (tertiary/aromatic N) is 3. The molecule has 65 heavy (non-hydrogen) atoms. The van der Waals surface area contributed by atoms with E-state index in [0.717, 1.165) is 79.5 Å². The molecule has 0 atom stereocenters. The lowest BCUT2D eigenvalue weighted by molar-refractivity contribution is 0.0713. The number of furan rings is 2. The van der Waals surface area contributed by atoms with Gasteiger partial charge in [0.2, 0.25) is 0 Å². The first-order valence-electron chi connectivity index (χ1n) is 23.1. The second kappa shape index (κ2) is 12.4. The first kappa shape index (κ1) is 37.3. The van der Waals surface area contributed by atoms with Gasteiger partial charge in [-0.15, -0.1) is 0 Å². The minimum absolute atomic E-state index is 0.0552. The number of hydrogen-bond donors (Lipinski definition) is 0. The zero-order valence-corrected chi connectivity index (χ0v) is 37.8. The fourth-order valence-corrected chi connectivity index (χ4v) is 12.1. The molecule has 0 N–H and O–H groups in total. The minimum Gasteiger partial charge on any atom is -0.487 e. The van der Waals surface area contributed by atoms with Crippen LogP contribution in [-0.2, 0) is 18.3 Å². The summed E-state index contributed by atoms with van der Waals surface area (Å²) in [6, 6.07) is 51.1. The topological polar surface area (TPSA) is 46.9 Å². The van der Waals surface area contributed by atoms with Crippen molar-refractivity contribution in [2.45, 2.75) is 72.3 Å². The molecule has 6 heterocycles. The average Bonchev–Trinajstić information content (AvgIpc) is 4.05. The van der Waals surface area contributed by atoms with E-state index in [1.165, 1.54) is 61.7 Å². The molecule has 14 rings (SSSR count). The Morgan fingerprint density at radius 1 is 0.523 bits per heavy atom. The van der Waals surface area contributed by atoms with Crippen LogP contribution in [0.4, 0.5) is 34.3 Å². The summed E-state index contributed by atoms with van der Waals surface area (Å²) in [6.07, 6.45) is 1.97. The lowest BCUT2D eigenvalue weighted by Crippen LogP contribution is -2.62. The molecule has 1 aliphatic carbocycles. The van der Waals surface area contributed by atoms with Crippen LogP contribution in [0.1, 0.15) is 63.9 Å². The van der Waals surface area contributed by atoms with Crippen molar-refractivity contribution in [3.8, 4) is 11.4 Å². The molecule has 6 nitrogen and oxygen atoms in total. The maximum absolute atomic E-state index is 6.99. The number of aromatic nitrogens is 1. The van der Waals surface area contributed by atoms with Gasteiger partial charge in [0.15, 0.2) is 0 Å². The first-order chi connectivity index (χ1) is 31.3. The number of benzene rings is 7. The summed E-state index contributed by atoms with van der Waals surface area (Å²) in [5.41, 5.74) is 19.1. The van der Waals surface area contributed by atoms with E-state index in [4.69, 9.17) is 13.6 Å². The molecule has 4 aliphatic rings. The summed E-state index contributed by atoms with van der Waals surface area (Å²) in [5, 5.41) is 4.49. The second-order valence-corrected chi connectivity index (χ2v) is 20.9. The van der Waals surface area contributed by atoms with Crippen LogP contribution in [0, 0.1) is 12.3 Å².